The Morgan fingerprint density at radius 1 is 1.26 bits per heavy atom. The Morgan fingerprint density at radius 3 is 2.59 bits per heavy atom. The molecule has 0 aliphatic carbocycles. The normalized spacial score (nSPS) is 16.5. The maximum atomic E-state index is 11.4. The van der Waals surface area contributed by atoms with Crippen LogP contribution in [-0.4, -0.2) is 57.3 Å². The summed E-state index contributed by atoms with van der Waals surface area (Å²) in [5, 5.41) is 0. The predicted molar refractivity (Wildman–Crippen MR) is 105 cm³/mol. The van der Waals surface area contributed by atoms with Gasteiger partial charge in [0.25, 0.3) is 0 Å². The van der Waals surface area contributed by atoms with Crippen LogP contribution in [0, 0.1) is 5.92 Å². The van der Waals surface area contributed by atoms with Gasteiger partial charge in [0.05, 0.1) is 7.11 Å². The van der Waals surface area contributed by atoms with E-state index in [0.29, 0.717) is 19.5 Å². The van der Waals surface area contributed by atoms with Crippen LogP contribution in [0.5, 0.6) is 5.75 Å². The van der Waals surface area contributed by atoms with Gasteiger partial charge in [0.15, 0.2) is 0 Å². The topological polar surface area (TPSA) is 81.9 Å². The van der Waals surface area contributed by atoms with Crippen molar-refractivity contribution in [2.24, 2.45) is 11.7 Å². The molecule has 0 bridgehead atoms. The van der Waals surface area contributed by atoms with Gasteiger partial charge in [-0.1, -0.05) is 12.1 Å². The second-order valence-corrected chi connectivity index (χ2v) is 7.23. The first-order valence-electron chi connectivity index (χ1n) is 9.83. The Hall–Kier alpha value is -1.73. The van der Waals surface area contributed by atoms with E-state index in [-0.39, 0.29) is 0 Å². The maximum absolute atomic E-state index is 11.4. The molecule has 1 aliphatic rings. The van der Waals surface area contributed by atoms with Crippen molar-refractivity contribution in [2.75, 3.05) is 33.3 Å². The van der Waals surface area contributed by atoms with Crippen LogP contribution < -0.4 is 10.5 Å². The Kier molecular flexibility index (Phi) is 9.49. The number of benzene rings is 1. The van der Waals surface area contributed by atoms with Gasteiger partial charge in [0.1, 0.15) is 6.04 Å². The predicted octanol–water partition coefficient (Wildman–Crippen LogP) is 2.00. The number of ether oxygens (including phenoxy) is 2. The van der Waals surface area contributed by atoms with Crippen LogP contribution >= 0.6 is 0 Å². The summed E-state index contributed by atoms with van der Waals surface area (Å²) in [7, 11) is 2.34. The minimum atomic E-state index is -0.632. The molecule has 1 unspecified atom stereocenters. The zero-order valence-electron chi connectivity index (χ0n) is 16.3. The van der Waals surface area contributed by atoms with Crippen molar-refractivity contribution in [3.63, 3.8) is 0 Å². The van der Waals surface area contributed by atoms with E-state index in [1.54, 1.807) is 0 Å². The minimum absolute atomic E-state index is 0.398. The van der Waals surface area contributed by atoms with Crippen LogP contribution in [0.1, 0.15) is 37.7 Å². The molecule has 1 atom stereocenters. The number of likely N-dealkylation sites (tertiary alicyclic amines) is 1. The second-order valence-electron chi connectivity index (χ2n) is 7.23. The molecule has 2 N–H and O–H groups in total. The second kappa shape index (κ2) is 11.9. The van der Waals surface area contributed by atoms with Crippen LogP contribution in [0.25, 0.3) is 0 Å². The number of nitrogens with two attached hydrogens (primary N) is 1. The number of hydrogen-bond acceptors (Lipinski definition) is 6. The zero-order valence-corrected chi connectivity index (χ0v) is 16.3. The van der Waals surface area contributed by atoms with E-state index < -0.39 is 12.0 Å². The van der Waals surface area contributed by atoms with E-state index in [0.717, 1.165) is 43.9 Å². The fourth-order valence-corrected chi connectivity index (χ4v) is 3.50. The number of piperidine rings is 1. The summed E-state index contributed by atoms with van der Waals surface area (Å²) < 4.78 is 21.0. The average Bonchev–Trinajstić information content (AvgIpc) is 2.69. The van der Waals surface area contributed by atoms with Gasteiger partial charge >= 0.3 is 110 Å². The minimum Gasteiger partial charge on any atom is -0.0553 e. The van der Waals surface area contributed by atoms with E-state index in [4.69, 9.17) is 10.5 Å². The molecular weight excluding hydrogens is 343 g/mol. The van der Waals surface area contributed by atoms with Crippen LogP contribution in [0.2, 0.25) is 0 Å². The number of unbranched alkanes of at least 4 members (excludes halogenated alkanes) is 1. The molecule has 0 amide bonds. The van der Waals surface area contributed by atoms with Crippen molar-refractivity contribution in [1.82, 2.24) is 4.90 Å². The molecule has 2 rings (SSSR count). The first-order valence-corrected chi connectivity index (χ1v) is 9.83. The third kappa shape index (κ3) is 7.81. The summed E-state index contributed by atoms with van der Waals surface area (Å²) in [6.45, 7) is 2.81. The average molecular weight is 374 g/mol. The number of carbonyl (C=O) groups excluding carboxylic acids is 1. The van der Waals surface area contributed by atoms with Gasteiger partial charge in [0.2, 0.25) is 0 Å². The molecule has 1 heterocycles. The summed E-state index contributed by atoms with van der Waals surface area (Å²) >= 11 is 0. The van der Waals surface area contributed by atoms with E-state index in [1.165, 1.54) is 32.8 Å². The summed E-state index contributed by atoms with van der Waals surface area (Å²) in [4.78, 5) is 13.6. The SMILES string of the molecule is COC(=O)C(N)Cc1ccc(OCCCCC2CCN(CB=O)CC2)cc1. The van der Waals surface area contributed by atoms with E-state index >= 15 is 0 Å². The molecule has 1 fully saturated rings. The van der Waals surface area contributed by atoms with Crippen molar-refractivity contribution < 1.29 is 19.0 Å². The Morgan fingerprint density at radius 2 is 1.96 bits per heavy atom. The standard InChI is InChI=1S/C20H31BN2O4/c1-26-20(24)19(22)14-17-5-7-18(8-6-17)27-13-3-2-4-16-9-11-23(12-10-16)15-21-25/h5-8,16,19H,2-4,9-15,22H2,1H3. The van der Waals surface area contributed by atoms with Crippen molar-refractivity contribution in [3.8, 4) is 5.75 Å². The van der Waals surface area contributed by atoms with Crippen LogP contribution in [-0.2, 0) is 20.7 Å². The van der Waals surface area contributed by atoms with Gasteiger partial charge in [-0.05, 0) is 12.0 Å². The summed E-state index contributed by atoms with van der Waals surface area (Å²) in [5.74, 6) is 1.23. The molecule has 1 saturated heterocycles. The fraction of sp³-hybridized carbons (Fsp3) is 0.650. The van der Waals surface area contributed by atoms with Gasteiger partial charge in [-0.25, -0.2) is 0 Å². The monoisotopic (exact) mass is 374 g/mol. The molecule has 6 nitrogen and oxygen atoms in total. The first-order chi connectivity index (χ1) is 13.1. The van der Waals surface area contributed by atoms with Crippen LogP contribution in [0.3, 0.4) is 0 Å². The summed E-state index contributed by atoms with van der Waals surface area (Å²) in [6, 6.07) is 7.08. The van der Waals surface area contributed by atoms with E-state index in [9.17, 15) is 9.50 Å². The van der Waals surface area contributed by atoms with Crippen molar-refractivity contribution in [1.29, 1.82) is 0 Å². The van der Waals surface area contributed by atoms with Crippen LogP contribution in [0.15, 0.2) is 24.3 Å². The van der Waals surface area contributed by atoms with Crippen molar-refractivity contribution in [3.05, 3.63) is 29.8 Å². The number of esters is 1. The van der Waals surface area contributed by atoms with E-state index in [2.05, 4.69) is 9.64 Å². The molecular formula is C20H31BN2O4. The number of nitrogens with zero attached hydrogens (tertiary/aromatic N) is 1. The smallest absolute Gasteiger partial charge is 0.0553 e. The molecule has 7 heteroatoms. The Labute approximate surface area is 162 Å². The van der Waals surface area contributed by atoms with E-state index in [1.807, 2.05) is 24.3 Å². The molecule has 1 aromatic carbocycles. The number of rotatable bonds is 11. The number of carbonyl (C=O) groups is 1. The third-order valence-electron chi connectivity index (χ3n) is 5.20. The first kappa shape index (κ1) is 21.6. The molecule has 1 aliphatic heterocycles. The van der Waals surface area contributed by atoms with Crippen molar-refractivity contribution >= 4 is 13.1 Å². The Bertz CT molecular complexity index is 574. The number of hydrogen-bond donors (Lipinski definition) is 1. The summed E-state index contributed by atoms with van der Waals surface area (Å²) in [6.07, 6.45) is 6.89. The molecule has 27 heavy (non-hydrogen) atoms. The van der Waals surface area contributed by atoms with Gasteiger partial charge in [-0.15, -0.1) is 0 Å². The summed E-state index contributed by atoms with van der Waals surface area (Å²) in [5.41, 5.74) is 6.76. The molecule has 0 saturated carbocycles. The molecule has 148 valence electrons. The molecule has 1 aromatic rings. The molecule has 0 spiro atoms. The van der Waals surface area contributed by atoms with Gasteiger partial charge in [-0.2, -0.15) is 0 Å². The van der Waals surface area contributed by atoms with Gasteiger partial charge in [0, 0.05) is 0 Å². The van der Waals surface area contributed by atoms with Gasteiger partial charge in [-0.3, -0.25) is 4.79 Å². The van der Waals surface area contributed by atoms with Crippen molar-refractivity contribution in [2.45, 2.75) is 44.6 Å². The third-order valence-corrected chi connectivity index (χ3v) is 5.20. The Balaban J connectivity index is 1.58. The zero-order chi connectivity index (χ0) is 19.5. The fourth-order valence-electron chi connectivity index (χ4n) is 3.50. The molecule has 0 radical (unpaired) electrons. The van der Waals surface area contributed by atoms with Gasteiger partial charge < -0.3 is 10.5 Å². The number of methoxy groups -OCH3 is 1. The molecule has 0 aromatic heterocycles. The van der Waals surface area contributed by atoms with Crippen LogP contribution in [0.4, 0.5) is 0 Å². The quantitative estimate of drug-likeness (QED) is 0.363.